The van der Waals surface area contributed by atoms with Gasteiger partial charge in [-0.05, 0) is 37.1 Å². The molecule has 1 saturated carbocycles. The molecule has 0 radical (unpaired) electrons. The fourth-order valence-corrected chi connectivity index (χ4v) is 3.39. The van der Waals surface area contributed by atoms with Crippen LogP contribution in [0, 0.1) is 0 Å². The zero-order chi connectivity index (χ0) is 15.5. The first-order valence-electron chi connectivity index (χ1n) is 8.49. The van der Waals surface area contributed by atoms with Gasteiger partial charge in [-0.25, -0.2) is 9.97 Å². The summed E-state index contributed by atoms with van der Waals surface area (Å²) in [5.74, 6) is 2.42. The van der Waals surface area contributed by atoms with Gasteiger partial charge in [0.05, 0.1) is 5.52 Å². The molecule has 0 atom stereocenters. The van der Waals surface area contributed by atoms with Crippen molar-refractivity contribution in [3.63, 3.8) is 0 Å². The summed E-state index contributed by atoms with van der Waals surface area (Å²) < 4.78 is 0. The third-order valence-electron chi connectivity index (χ3n) is 4.63. The van der Waals surface area contributed by atoms with Crippen LogP contribution in [0.2, 0.25) is 0 Å². The van der Waals surface area contributed by atoms with Crippen molar-refractivity contribution in [1.29, 1.82) is 0 Å². The lowest BCUT2D eigenvalue weighted by atomic mass is 9.88. The second kappa shape index (κ2) is 6.37. The van der Waals surface area contributed by atoms with Gasteiger partial charge in [0, 0.05) is 17.0 Å². The van der Waals surface area contributed by atoms with Gasteiger partial charge in [0.1, 0.15) is 11.6 Å². The van der Waals surface area contributed by atoms with Gasteiger partial charge < -0.3 is 5.32 Å². The highest BCUT2D eigenvalue weighted by Crippen LogP contribution is 2.33. The van der Waals surface area contributed by atoms with Crippen LogP contribution >= 0.6 is 0 Å². The Morgan fingerprint density at radius 2 is 1.52 bits per heavy atom. The lowest BCUT2D eigenvalue weighted by molar-refractivity contribution is 0.430. The van der Waals surface area contributed by atoms with Gasteiger partial charge >= 0.3 is 0 Å². The van der Waals surface area contributed by atoms with E-state index in [0.717, 1.165) is 28.2 Å². The van der Waals surface area contributed by atoms with Gasteiger partial charge in [0.15, 0.2) is 0 Å². The number of nitrogens with one attached hydrogen (secondary N) is 1. The molecule has 2 aromatic carbocycles. The van der Waals surface area contributed by atoms with E-state index < -0.39 is 0 Å². The maximum Gasteiger partial charge on any atom is 0.142 e. The quantitative estimate of drug-likeness (QED) is 0.702. The van der Waals surface area contributed by atoms with Gasteiger partial charge in [-0.2, -0.15) is 0 Å². The number of rotatable bonds is 3. The molecule has 0 amide bonds. The fourth-order valence-electron chi connectivity index (χ4n) is 3.39. The van der Waals surface area contributed by atoms with E-state index in [1.807, 2.05) is 30.3 Å². The molecule has 1 aromatic heterocycles. The molecule has 1 aliphatic rings. The molecular weight excluding hydrogens is 282 g/mol. The van der Waals surface area contributed by atoms with E-state index in [9.17, 15) is 0 Å². The molecule has 0 saturated heterocycles. The van der Waals surface area contributed by atoms with Crippen molar-refractivity contribution in [1.82, 2.24) is 9.97 Å². The number of para-hydroxylation sites is 2. The molecule has 3 heteroatoms. The van der Waals surface area contributed by atoms with Gasteiger partial charge in [-0.3, -0.25) is 0 Å². The highest BCUT2D eigenvalue weighted by atomic mass is 15.0. The van der Waals surface area contributed by atoms with Crippen LogP contribution in [-0.2, 0) is 0 Å². The van der Waals surface area contributed by atoms with E-state index in [0.29, 0.717) is 5.92 Å². The van der Waals surface area contributed by atoms with Crippen molar-refractivity contribution in [3.8, 4) is 0 Å². The van der Waals surface area contributed by atoms with Crippen LogP contribution in [-0.4, -0.2) is 9.97 Å². The number of anilines is 2. The van der Waals surface area contributed by atoms with Gasteiger partial charge in [-0.15, -0.1) is 0 Å². The highest BCUT2D eigenvalue weighted by Gasteiger charge is 2.20. The zero-order valence-electron chi connectivity index (χ0n) is 13.2. The normalized spacial score (nSPS) is 15.7. The third kappa shape index (κ3) is 3.04. The largest absolute Gasteiger partial charge is 0.340 e. The first-order chi connectivity index (χ1) is 11.4. The Morgan fingerprint density at radius 3 is 2.35 bits per heavy atom. The summed E-state index contributed by atoms with van der Waals surface area (Å²) in [7, 11) is 0. The Balaban J connectivity index is 1.77. The second-order valence-electron chi connectivity index (χ2n) is 6.27. The predicted octanol–water partition coefficient (Wildman–Crippen LogP) is 5.42. The van der Waals surface area contributed by atoms with E-state index >= 15 is 0 Å². The lowest BCUT2D eigenvalue weighted by Crippen LogP contribution is -2.10. The molecule has 1 N–H and O–H groups in total. The van der Waals surface area contributed by atoms with Gasteiger partial charge in [-0.1, -0.05) is 49.6 Å². The first kappa shape index (κ1) is 14.2. The van der Waals surface area contributed by atoms with E-state index in [4.69, 9.17) is 9.97 Å². The first-order valence-corrected chi connectivity index (χ1v) is 8.49. The Morgan fingerprint density at radius 1 is 0.783 bits per heavy atom. The summed E-state index contributed by atoms with van der Waals surface area (Å²) in [5, 5.41) is 4.55. The van der Waals surface area contributed by atoms with E-state index in [2.05, 4.69) is 29.6 Å². The number of hydrogen-bond donors (Lipinski definition) is 1. The molecule has 0 unspecified atom stereocenters. The highest BCUT2D eigenvalue weighted by molar-refractivity contribution is 5.90. The Labute approximate surface area is 136 Å². The van der Waals surface area contributed by atoms with Crippen LogP contribution in [0.4, 0.5) is 11.5 Å². The zero-order valence-corrected chi connectivity index (χ0v) is 13.2. The van der Waals surface area contributed by atoms with Crippen LogP contribution in [0.25, 0.3) is 10.9 Å². The molecule has 1 aliphatic carbocycles. The second-order valence-corrected chi connectivity index (χ2v) is 6.27. The lowest BCUT2D eigenvalue weighted by Gasteiger charge is -2.21. The average molecular weight is 303 g/mol. The molecule has 3 nitrogen and oxygen atoms in total. The average Bonchev–Trinajstić information content (AvgIpc) is 2.63. The molecule has 0 aliphatic heterocycles. The number of fused-ring (bicyclic) bond motifs is 1. The SMILES string of the molecule is c1ccc(Nc2nc(C3CCCCC3)nc3ccccc23)cc1. The van der Waals surface area contributed by atoms with Crippen molar-refractivity contribution < 1.29 is 0 Å². The van der Waals surface area contributed by atoms with E-state index in [-0.39, 0.29) is 0 Å². The van der Waals surface area contributed by atoms with Crippen LogP contribution in [0.3, 0.4) is 0 Å². The minimum Gasteiger partial charge on any atom is -0.340 e. The molecule has 1 heterocycles. The monoisotopic (exact) mass is 303 g/mol. The maximum absolute atomic E-state index is 4.90. The molecule has 116 valence electrons. The van der Waals surface area contributed by atoms with Crippen molar-refractivity contribution in [2.24, 2.45) is 0 Å². The summed E-state index contributed by atoms with van der Waals surface area (Å²) in [6.45, 7) is 0. The predicted molar refractivity (Wildman–Crippen MR) is 95.1 cm³/mol. The van der Waals surface area contributed by atoms with Crippen LogP contribution in [0.1, 0.15) is 43.8 Å². The van der Waals surface area contributed by atoms with Crippen LogP contribution in [0.5, 0.6) is 0 Å². The minimum absolute atomic E-state index is 0.504. The molecule has 23 heavy (non-hydrogen) atoms. The third-order valence-corrected chi connectivity index (χ3v) is 4.63. The molecule has 0 bridgehead atoms. The molecule has 4 rings (SSSR count). The van der Waals surface area contributed by atoms with Gasteiger partial charge in [0.25, 0.3) is 0 Å². The molecule has 3 aromatic rings. The summed E-state index contributed by atoms with van der Waals surface area (Å²) >= 11 is 0. The summed E-state index contributed by atoms with van der Waals surface area (Å²) in [5.41, 5.74) is 2.09. The van der Waals surface area contributed by atoms with Crippen molar-refractivity contribution in [2.75, 3.05) is 5.32 Å². The van der Waals surface area contributed by atoms with Crippen molar-refractivity contribution in [3.05, 3.63) is 60.4 Å². The minimum atomic E-state index is 0.504. The smallest absolute Gasteiger partial charge is 0.142 e. The molecular formula is C20H21N3. The van der Waals surface area contributed by atoms with E-state index in [1.54, 1.807) is 0 Å². The summed E-state index contributed by atoms with van der Waals surface area (Å²) in [6, 6.07) is 18.5. The number of benzene rings is 2. The summed E-state index contributed by atoms with van der Waals surface area (Å²) in [4.78, 5) is 9.75. The molecule has 0 spiro atoms. The van der Waals surface area contributed by atoms with E-state index in [1.165, 1.54) is 32.1 Å². The molecule has 1 fully saturated rings. The number of aromatic nitrogens is 2. The summed E-state index contributed by atoms with van der Waals surface area (Å²) in [6.07, 6.45) is 6.36. The number of hydrogen-bond acceptors (Lipinski definition) is 3. The number of nitrogens with zero attached hydrogens (tertiary/aromatic N) is 2. The van der Waals surface area contributed by atoms with Gasteiger partial charge in [0.2, 0.25) is 0 Å². The standard InChI is InChI=1S/C20H21N3/c1-3-9-15(10-4-1)19-22-18-14-8-7-13-17(18)20(23-19)21-16-11-5-2-6-12-16/h2,5-8,11-15H,1,3-4,9-10H2,(H,21,22,23). The van der Waals surface area contributed by atoms with Crippen LogP contribution < -0.4 is 5.32 Å². The fraction of sp³-hybridized carbons (Fsp3) is 0.300. The Bertz CT molecular complexity index is 792. The van der Waals surface area contributed by atoms with Crippen molar-refractivity contribution >= 4 is 22.4 Å². The topological polar surface area (TPSA) is 37.8 Å². The Hall–Kier alpha value is -2.42. The maximum atomic E-state index is 4.90. The van der Waals surface area contributed by atoms with Crippen molar-refractivity contribution in [2.45, 2.75) is 38.0 Å². The Kier molecular flexibility index (Phi) is 3.93. The van der Waals surface area contributed by atoms with Crippen LogP contribution in [0.15, 0.2) is 54.6 Å².